The van der Waals surface area contributed by atoms with Crippen LogP contribution in [-0.4, -0.2) is 43.1 Å². The van der Waals surface area contributed by atoms with Crippen LogP contribution in [0.3, 0.4) is 0 Å². The number of rotatable bonds is 7. The van der Waals surface area contributed by atoms with Gasteiger partial charge in [0, 0.05) is 13.2 Å². The highest BCUT2D eigenvalue weighted by Crippen LogP contribution is 2.23. The predicted molar refractivity (Wildman–Crippen MR) is 88.7 cm³/mol. The van der Waals surface area contributed by atoms with E-state index in [1.54, 1.807) is 12.1 Å². The zero-order valence-electron chi connectivity index (χ0n) is 13.5. The number of sulfonamides is 1. The molecule has 8 heteroatoms. The number of nitrogens with zero attached hydrogens (tertiary/aromatic N) is 1. The minimum atomic E-state index is -3.81. The Morgan fingerprint density at radius 1 is 1.24 bits per heavy atom. The molecule has 0 radical (unpaired) electrons. The van der Waals surface area contributed by atoms with E-state index in [0.717, 1.165) is 12.8 Å². The summed E-state index contributed by atoms with van der Waals surface area (Å²) < 4.78 is 38.2. The quantitative estimate of drug-likeness (QED) is 0.809. The Morgan fingerprint density at radius 3 is 2.56 bits per heavy atom. The molecule has 25 heavy (non-hydrogen) atoms. The van der Waals surface area contributed by atoms with Crippen molar-refractivity contribution >= 4 is 16.0 Å². The summed E-state index contributed by atoms with van der Waals surface area (Å²) in [4.78, 5) is 11.0. The Bertz CT molecular complexity index is 807. The minimum absolute atomic E-state index is 0.0376. The third-order valence-corrected chi connectivity index (χ3v) is 5.91. The van der Waals surface area contributed by atoms with Crippen molar-refractivity contribution in [2.24, 2.45) is 0 Å². The Balaban J connectivity index is 1.87. The normalized spacial score (nSPS) is 17.9. The summed E-state index contributed by atoms with van der Waals surface area (Å²) in [6, 6.07) is 8.60. The fraction of sp³-hybridized carbons (Fsp3) is 0.353. The van der Waals surface area contributed by atoms with E-state index in [1.165, 1.54) is 34.8 Å². The molecule has 1 aromatic carbocycles. The van der Waals surface area contributed by atoms with Gasteiger partial charge in [-0.1, -0.05) is 0 Å². The predicted octanol–water partition coefficient (Wildman–Crippen LogP) is 2.35. The van der Waals surface area contributed by atoms with Crippen LogP contribution in [0.2, 0.25) is 0 Å². The van der Waals surface area contributed by atoms with E-state index < -0.39 is 16.0 Å². The molecule has 1 aliphatic rings. The molecule has 0 amide bonds. The number of carbonyl (C=O) groups is 1. The van der Waals surface area contributed by atoms with Crippen molar-refractivity contribution in [3.63, 3.8) is 0 Å². The molecule has 1 atom stereocenters. The molecule has 1 aliphatic heterocycles. The number of ether oxygens (including phenoxy) is 1. The summed E-state index contributed by atoms with van der Waals surface area (Å²) in [5, 5.41) is 8.96. The van der Waals surface area contributed by atoms with Crippen molar-refractivity contribution in [2.75, 3.05) is 13.2 Å². The van der Waals surface area contributed by atoms with Crippen LogP contribution in [0.25, 0.3) is 0 Å². The largest absolute Gasteiger partial charge is 0.478 e. The Labute approximate surface area is 145 Å². The Morgan fingerprint density at radius 2 is 2.00 bits per heavy atom. The zero-order valence-corrected chi connectivity index (χ0v) is 14.3. The average molecular weight is 365 g/mol. The first-order chi connectivity index (χ1) is 12.0. The lowest BCUT2D eigenvalue weighted by molar-refractivity contribution is 0.0696. The molecule has 0 saturated carbocycles. The van der Waals surface area contributed by atoms with Crippen LogP contribution in [0.5, 0.6) is 0 Å². The third kappa shape index (κ3) is 4.09. The number of carboxylic acids is 1. The van der Waals surface area contributed by atoms with Crippen molar-refractivity contribution in [1.29, 1.82) is 0 Å². The molecule has 0 bridgehead atoms. The third-order valence-electron chi connectivity index (χ3n) is 4.08. The van der Waals surface area contributed by atoms with Gasteiger partial charge in [0.15, 0.2) is 0 Å². The molecule has 2 aromatic rings. The van der Waals surface area contributed by atoms with Gasteiger partial charge in [0.1, 0.15) is 5.76 Å². The maximum Gasteiger partial charge on any atom is 0.335 e. The zero-order chi connectivity index (χ0) is 17.9. The number of hydrogen-bond donors (Lipinski definition) is 1. The van der Waals surface area contributed by atoms with Gasteiger partial charge in [-0.2, -0.15) is 4.31 Å². The second-order valence-electron chi connectivity index (χ2n) is 5.84. The molecule has 1 saturated heterocycles. The van der Waals surface area contributed by atoms with E-state index in [4.69, 9.17) is 14.3 Å². The molecule has 3 rings (SSSR count). The van der Waals surface area contributed by atoms with Crippen molar-refractivity contribution in [2.45, 2.75) is 30.4 Å². The number of aromatic carboxylic acids is 1. The summed E-state index contributed by atoms with van der Waals surface area (Å²) in [5.74, 6) is -0.570. The van der Waals surface area contributed by atoms with Gasteiger partial charge in [-0.15, -0.1) is 0 Å². The monoisotopic (exact) mass is 365 g/mol. The Hall–Kier alpha value is -2.16. The molecule has 7 nitrogen and oxygen atoms in total. The molecule has 0 unspecified atom stereocenters. The average Bonchev–Trinajstić information content (AvgIpc) is 3.28. The van der Waals surface area contributed by atoms with Gasteiger partial charge in [0.25, 0.3) is 0 Å². The molecule has 134 valence electrons. The fourth-order valence-electron chi connectivity index (χ4n) is 2.76. The Kier molecular flexibility index (Phi) is 5.22. The van der Waals surface area contributed by atoms with E-state index >= 15 is 0 Å². The highest BCUT2D eigenvalue weighted by atomic mass is 32.2. The van der Waals surface area contributed by atoms with Crippen LogP contribution in [0, 0.1) is 0 Å². The lowest BCUT2D eigenvalue weighted by atomic mass is 10.2. The van der Waals surface area contributed by atoms with Crippen LogP contribution in [0.15, 0.2) is 52.0 Å². The van der Waals surface area contributed by atoms with Gasteiger partial charge in [-0.05, 0) is 49.2 Å². The summed E-state index contributed by atoms with van der Waals surface area (Å²) in [6.07, 6.45) is 3.06. The van der Waals surface area contributed by atoms with E-state index in [-0.39, 0.29) is 29.7 Å². The molecule has 0 spiro atoms. The SMILES string of the molecule is O=C(O)c1ccc(S(=O)(=O)N(Cc2ccco2)C[C@H]2CCCO2)cc1. The molecule has 2 heterocycles. The summed E-state index contributed by atoms with van der Waals surface area (Å²) in [5.41, 5.74) is 0.0376. The van der Waals surface area contributed by atoms with Crippen LogP contribution in [0.4, 0.5) is 0 Å². The fourth-order valence-corrected chi connectivity index (χ4v) is 4.20. The van der Waals surface area contributed by atoms with E-state index in [1.807, 2.05) is 0 Å². The van der Waals surface area contributed by atoms with Crippen molar-refractivity contribution < 1.29 is 27.5 Å². The first-order valence-corrected chi connectivity index (χ1v) is 9.38. The van der Waals surface area contributed by atoms with Gasteiger partial charge in [-0.3, -0.25) is 0 Å². The number of hydrogen-bond acceptors (Lipinski definition) is 5. The smallest absolute Gasteiger partial charge is 0.335 e. The van der Waals surface area contributed by atoms with E-state index in [9.17, 15) is 13.2 Å². The second kappa shape index (κ2) is 7.38. The molecule has 1 aromatic heterocycles. The standard InChI is InChI=1S/C17H19NO6S/c19-17(20)13-5-7-16(8-6-13)25(21,22)18(11-14-3-1-9-23-14)12-15-4-2-10-24-15/h1,3,5-9,15H,2,4,10-12H2,(H,19,20)/t15-/m1/s1. The topological polar surface area (TPSA) is 97.0 Å². The van der Waals surface area contributed by atoms with E-state index in [0.29, 0.717) is 12.4 Å². The first-order valence-electron chi connectivity index (χ1n) is 7.94. The molecule has 1 fully saturated rings. The molecular weight excluding hydrogens is 346 g/mol. The highest BCUT2D eigenvalue weighted by Gasteiger charge is 2.30. The van der Waals surface area contributed by atoms with Gasteiger partial charge in [-0.25, -0.2) is 13.2 Å². The number of furan rings is 1. The number of carboxylic acid groups (broad SMARTS) is 1. The van der Waals surface area contributed by atoms with Gasteiger partial charge in [0.2, 0.25) is 10.0 Å². The number of benzene rings is 1. The van der Waals surface area contributed by atoms with Crippen LogP contribution in [-0.2, 0) is 21.3 Å². The van der Waals surface area contributed by atoms with Gasteiger partial charge < -0.3 is 14.3 Å². The van der Waals surface area contributed by atoms with Crippen molar-refractivity contribution in [3.8, 4) is 0 Å². The molecular formula is C17H19NO6S. The lowest BCUT2D eigenvalue weighted by Gasteiger charge is -2.24. The van der Waals surface area contributed by atoms with Crippen molar-refractivity contribution in [1.82, 2.24) is 4.31 Å². The van der Waals surface area contributed by atoms with Crippen LogP contribution in [0.1, 0.15) is 29.0 Å². The summed E-state index contributed by atoms with van der Waals surface area (Å²) >= 11 is 0. The molecule has 1 N–H and O–H groups in total. The van der Waals surface area contributed by atoms with Crippen LogP contribution >= 0.6 is 0 Å². The lowest BCUT2D eigenvalue weighted by Crippen LogP contribution is -2.36. The van der Waals surface area contributed by atoms with Gasteiger partial charge in [0.05, 0.1) is 29.4 Å². The molecule has 0 aliphatic carbocycles. The van der Waals surface area contributed by atoms with Gasteiger partial charge >= 0.3 is 5.97 Å². The second-order valence-corrected chi connectivity index (χ2v) is 7.78. The highest BCUT2D eigenvalue weighted by molar-refractivity contribution is 7.89. The van der Waals surface area contributed by atoms with Crippen molar-refractivity contribution in [3.05, 3.63) is 54.0 Å². The summed E-state index contributed by atoms with van der Waals surface area (Å²) in [6.45, 7) is 0.951. The first kappa shape index (κ1) is 17.7. The van der Waals surface area contributed by atoms with Crippen LogP contribution < -0.4 is 0 Å². The maximum atomic E-state index is 13.0. The maximum absolute atomic E-state index is 13.0. The van der Waals surface area contributed by atoms with E-state index in [2.05, 4.69) is 0 Å². The summed E-state index contributed by atoms with van der Waals surface area (Å²) in [7, 11) is -3.81. The minimum Gasteiger partial charge on any atom is -0.478 e.